The molecule has 0 aliphatic heterocycles. The highest BCUT2D eigenvalue weighted by Gasteiger charge is 2.12. The standard InChI is InChI=1S/C14H22N4S/c1-4-15-12(9-13-10-19-11(2)17-13)5-6-14-16-7-8-18(14)3/h7-8,10,12,15H,4-6,9H2,1-3H3. The Morgan fingerprint density at radius 1 is 1.47 bits per heavy atom. The predicted octanol–water partition coefficient (Wildman–Crippen LogP) is 2.34. The lowest BCUT2D eigenvalue weighted by molar-refractivity contribution is 0.480. The Balaban J connectivity index is 1.90. The lowest BCUT2D eigenvalue weighted by Gasteiger charge is -2.16. The Morgan fingerprint density at radius 2 is 2.32 bits per heavy atom. The molecule has 2 aromatic heterocycles. The fraction of sp³-hybridized carbons (Fsp3) is 0.571. The van der Waals surface area contributed by atoms with Crippen molar-refractivity contribution in [2.45, 2.75) is 39.2 Å². The minimum Gasteiger partial charge on any atom is -0.338 e. The molecule has 2 heterocycles. The molecule has 0 amide bonds. The van der Waals surface area contributed by atoms with Gasteiger partial charge in [-0.05, 0) is 19.9 Å². The lowest BCUT2D eigenvalue weighted by Crippen LogP contribution is -2.31. The Morgan fingerprint density at radius 3 is 2.89 bits per heavy atom. The molecule has 0 aliphatic rings. The van der Waals surface area contributed by atoms with Crippen LogP contribution in [0, 0.1) is 6.92 Å². The van der Waals surface area contributed by atoms with Crippen molar-refractivity contribution in [2.24, 2.45) is 7.05 Å². The maximum atomic E-state index is 4.55. The van der Waals surface area contributed by atoms with E-state index in [9.17, 15) is 0 Å². The molecule has 2 rings (SSSR count). The molecule has 104 valence electrons. The summed E-state index contributed by atoms with van der Waals surface area (Å²) in [6, 6.07) is 0.475. The second kappa shape index (κ2) is 6.82. The van der Waals surface area contributed by atoms with Gasteiger partial charge in [-0.3, -0.25) is 0 Å². The Hall–Kier alpha value is -1.20. The maximum absolute atomic E-state index is 4.55. The summed E-state index contributed by atoms with van der Waals surface area (Å²) in [5, 5.41) is 6.86. The first kappa shape index (κ1) is 14.2. The first-order valence-electron chi connectivity index (χ1n) is 6.79. The van der Waals surface area contributed by atoms with Crippen LogP contribution in [0.4, 0.5) is 0 Å². The number of likely N-dealkylation sites (N-methyl/N-ethyl adjacent to an activating group) is 1. The van der Waals surface area contributed by atoms with Crippen LogP contribution in [0.1, 0.15) is 29.9 Å². The van der Waals surface area contributed by atoms with Crippen LogP contribution in [0.2, 0.25) is 0 Å². The van der Waals surface area contributed by atoms with Crippen molar-refractivity contribution in [2.75, 3.05) is 6.54 Å². The van der Waals surface area contributed by atoms with Gasteiger partial charge in [-0.1, -0.05) is 6.92 Å². The van der Waals surface area contributed by atoms with E-state index in [0.29, 0.717) is 6.04 Å². The number of imidazole rings is 1. The van der Waals surface area contributed by atoms with E-state index in [4.69, 9.17) is 0 Å². The fourth-order valence-corrected chi connectivity index (χ4v) is 2.89. The van der Waals surface area contributed by atoms with Crippen molar-refractivity contribution in [1.29, 1.82) is 0 Å². The molecule has 19 heavy (non-hydrogen) atoms. The minimum absolute atomic E-state index is 0.475. The molecule has 0 saturated carbocycles. The molecular formula is C14H22N4S. The molecule has 0 fully saturated rings. The third-order valence-corrected chi connectivity index (χ3v) is 4.07. The highest BCUT2D eigenvalue weighted by Crippen LogP contribution is 2.12. The Bertz CT molecular complexity index is 503. The van der Waals surface area contributed by atoms with Gasteiger partial charge in [-0.25, -0.2) is 9.97 Å². The first-order valence-corrected chi connectivity index (χ1v) is 7.67. The second-order valence-corrected chi connectivity index (χ2v) is 5.87. The van der Waals surface area contributed by atoms with Crippen molar-refractivity contribution < 1.29 is 0 Å². The van der Waals surface area contributed by atoms with Gasteiger partial charge in [0.1, 0.15) is 5.82 Å². The summed E-state index contributed by atoms with van der Waals surface area (Å²) in [5.74, 6) is 1.15. The molecule has 0 bridgehead atoms. The van der Waals surface area contributed by atoms with E-state index in [-0.39, 0.29) is 0 Å². The van der Waals surface area contributed by atoms with Crippen LogP contribution in [0.5, 0.6) is 0 Å². The fourth-order valence-electron chi connectivity index (χ4n) is 2.26. The molecule has 0 saturated heterocycles. The van der Waals surface area contributed by atoms with Crippen molar-refractivity contribution in [1.82, 2.24) is 19.9 Å². The van der Waals surface area contributed by atoms with Gasteiger partial charge in [0, 0.05) is 43.7 Å². The van der Waals surface area contributed by atoms with Crippen LogP contribution in [0.15, 0.2) is 17.8 Å². The highest BCUT2D eigenvalue weighted by atomic mass is 32.1. The van der Waals surface area contributed by atoms with Gasteiger partial charge < -0.3 is 9.88 Å². The van der Waals surface area contributed by atoms with E-state index >= 15 is 0 Å². The molecule has 0 spiro atoms. The van der Waals surface area contributed by atoms with Crippen LogP contribution >= 0.6 is 11.3 Å². The van der Waals surface area contributed by atoms with Crippen LogP contribution in [0.3, 0.4) is 0 Å². The quantitative estimate of drug-likeness (QED) is 0.845. The molecule has 1 unspecified atom stereocenters. The summed E-state index contributed by atoms with van der Waals surface area (Å²) < 4.78 is 2.09. The normalized spacial score (nSPS) is 12.8. The molecule has 5 heteroatoms. The lowest BCUT2D eigenvalue weighted by atomic mass is 10.1. The van der Waals surface area contributed by atoms with Crippen LogP contribution < -0.4 is 5.32 Å². The number of hydrogen-bond acceptors (Lipinski definition) is 4. The molecule has 0 radical (unpaired) electrons. The average Bonchev–Trinajstić information content (AvgIpc) is 2.96. The van der Waals surface area contributed by atoms with E-state index in [2.05, 4.69) is 39.1 Å². The molecule has 4 nitrogen and oxygen atoms in total. The van der Waals surface area contributed by atoms with Crippen molar-refractivity contribution in [3.05, 3.63) is 34.3 Å². The summed E-state index contributed by atoms with van der Waals surface area (Å²) in [5.41, 5.74) is 1.20. The number of nitrogens with one attached hydrogen (secondary N) is 1. The number of aryl methyl sites for hydroxylation is 3. The van der Waals surface area contributed by atoms with Gasteiger partial charge in [0.05, 0.1) is 10.7 Å². The molecule has 2 aromatic rings. The van der Waals surface area contributed by atoms with Gasteiger partial charge in [0.25, 0.3) is 0 Å². The van der Waals surface area contributed by atoms with Gasteiger partial charge in [0.2, 0.25) is 0 Å². The van der Waals surface area contributed by atoms with E-state index in [0.717, 1.165) is 36.6 Å². The van der Waals surface area contributed by atoms with Crippen LogP contribution in [-0.2, 0) is 19.9 Å². The summed E-state index contributed by atoms with van der Waals surface area (Å²) >= 11 is 1.73. The predicted molar refractivity (Wildman–Crippen MR) is 79.5 cm³/mol. The largest absolute Gasteiger partial charge is 0.338 e. The average molecular weight is 278 g/mol. The number of aromatic nitrogens is 3. The maximum Gasteiger partial charge on any atom is 0.108 e. The highest BCUT2D eigenvalue weighted by molar-refractivity contribution is 7.09. The van der Waals surface area contributed by atoms with Crippen molar-refractivity contribution >= 4 is 11.3 Å². The van der Waals surface area contributed by atoms with Crippen molar-refractivity contribution in [3.8, 4) is 0 Å². The monoisotopic (exact) mass is 278 g/mol. The van der Waals surface area contributed by atoms with Crippen molar-refractivity contribution in [3.63, 3.8) is 0 Å². The van der Waals surface area contributed by atoms with Crippen LogP contribution in [-0.4, -0.2) is 27.1 Å². The molecule has 0 aliphatic carbocycles. The van der Waals surface area contributed by atoms with E-state index < -0.39 is 0 Å². The smallest absolute Gasteiger partial charge is 0.108 e. The van der Waals surface area contributed by atoms with Gasteiger partial charge in [-0.15, -0.1) is 11.3 Å². The third-order valence-electron chi connectivity index (χ3n) is 3.25. The first-order chi connectivity index (χ1) is 9.19. The minimum atomic E-state index is 0.475. The summed E-state index contributed by atoms with van der Waals surface area (Å²) in [7, 11) is 2.05. The Kier molecular flexibility index (Phi) is 5.10. The number of thiazole rings is 1. The van der Waals surface area contributed by atoms with Gasteiger partial charge in [0.15, 0.2) is 0 Å². The zero-order chi connectivity index (χ0) is 13.7. The van der Waals surface area contributed by atoms with E-state index in [1.165, 1.54) is 5.69 Å². The molecule has 1 N–H and O–H groups in total. The van der Waals surface area contributed by atoms with E-state index in [1.54, 1.807) is 11.3 Å². The third kappa shape index (κ3) is 4.14. The zero-order valence-electron chi connectivity index (χ0n) is 11.9. The number of nitrogens with zero attached hydrogens (tertiary/aromatic N) is 3. The molecule has 0 aromatic carbocycles. The SMILES string of the molecule is CCNC(CCc1nccn1C)Cc1csc(C)n1. The number of hydrogen-bond donors (Lipinski definition) is 1. The molecule has 1 atom stereocenters. The topological polar surface area (TPSA) is 42.7 Å². The van der Waals surface area contributed by atoms with Gasteiger partial charge in [-0.2, -0.15) is 0 Å². The molecular weight excluding hydrogens is 256 g/mol. The van der Waals surface area contributed by atoms with E-state index in [1.807, 2.05) is 19.4 Å². The summed E-state index contributed by atoms with van der Waals surface area (Å²) in [6.07, 6.45) is 6.96. The second-order valence-electron chi connectivity index (χ2n) is 4.81. The Labute approximate surface area is 118 Å². The zero-order valence-corrected chi connectivity index (χ0v) is 12.7. The van der Waals surface area contributed by atoms with Crippen LogP contribution in [0.25, 0.3) is 0 Å². The number of rotatable bonds is 7. The van der Waals surface area contributed by atoms with Gasteiger partial charge >= 0.3 is 0 Å². The summed E-state index contributed by atoms with van der Waals surface area (Å²) in [6.45, 7) is 5.21. The summed E-state index contributed by atoms with van der Waals surface area (Å²) in [4.78, 5) is 8.93.